The van der Waals surface area contributed by atoms with Gasteiger partial charge in [0.25, 0.3) is 0 Å². The van der Waals surface area contributed by atoms with Crippen molar-refractivity contribution in [2.75, 3.05) is 0 Å². The van der Waals surface area contributed by atoms with Gasteiger partial charge in [-0.2, -0.15) is 34.1 Å². The van der Waals surface area contributed by atoms with Gasteiger partial charge in [0, 0.05) is 0 Å². The summed E-state index contributed by atoms with van der Waals surface area (Å²) in [4.78, 5) is 9.57. The van der Waals surface area contributed by atoms with Crippen LogP contribution in [-0.2, 0) is 4.79 Å². The van der Waals surface area contributed by atoms with E-state index >= 15 is 0 Å². The van der Waals surface area contributed by atoms with Gasteiger partial charge >= 0.3 is 18.9 Å². The fraction of sp³-hybridized carbons (Fsp3) is 0.667. The Labute approximate surface area is 83.1 Å². The van der Waals surface area contributed by atoms with E-state index in [2.05, 4.69) is 0 Å². The van der Waals surface area contributed by atoms with Crippen LogP contribution in [0.1, 0.15) is 40.5 Å². The molecule has 0 spiro atoms. The van der Waals surface area contributed by atoms with E-state index in [0.717, 1.165) is 6.42 Å². The molecular weight excluding hydrogens is 131 g/mol. The zero-order valence-electron chi connectivity index (χ0n) is 8.40. The normalized spacial score (nSPS) is 7.73. The molecule has 0 aromatic heterocycles. The molecule has 0 unspecified atom stereocenters. The van der Waals surface area contributed by atoms with Gasteiger partial charge in [0.15, 0.2) is 0 Å². The maximum Gasteiger partial charge on any atom is 1.00 e. The Morgan fingerprint density at radius 3 is 1.82 bits per heavy atom. The minimum atomic E-state index is 0. The smallest absolute Gasteiger partial charge is 0.542 e. The monoisotopic (exact) mass is 148 g/mol. The average molecular weight is 148 g/mol. The fourth-order valence-electron chi connectivity index (χ4n) is 0.301. The fourth-order valence-corrected chi connectivity index (χ4v) is 0.301. The zero-order valence-corrected chi connectivity index (χ0v) is 8.40. The maximum absolute atomic E-state index is 9.57. The van der Waals surface area contributed by atoms with Crippen LogP contribution in [0.5, 0.6) is 0 Å². The predicted octanol–water partition coefficient (Wildman–Crippen LogP) is -0.275. The van der Waals surface area contributed by atoms with Gasteiger partial charge in [0.1, 0.15) is 0 Å². The van der Waals surface area contributed by atoms with Gasteiger partial charge < -0.3 is 17.1 Å². The van der Waals surface area contributed by atoms with Gasteiger partial charge in [-0.3, -0.25) is 6.29 Å². The molecule has 11 heavy (non-hydrogen) atoms. The van der Waals surface area contributed by atoms with E-state index in [0.29, 0.717) is 6.42 Å². The molecule has 0 rings (SSSR count). The van der Waals surface area contributed by atoms with Crippen molar-refractivity contribution in [1.29, 1.82) is 0 Å². The van der Waals surface area contributed by atoms with Crippen LogP contribution < -0.4 is 18.9 Å². The van der Waals surface area contributed by atoms with Crippen LogP contribution >= 0.6 is 0 Å². The standard InChI is InChI=1S/C6H10O.C3H7.Li/c1-6(2)4-3-5-7;1-3-2;/h3-4H2,1-2H3;3H,1-2H3;/q-2;-1;+1. The van der Waals surface area contributed by atoms with Crippen LogP contribution in [0, 0.1) is 12.3 Å². The zero-order chi connectivity index (χ0) is 8.41. The first-order chi connectivity index (χ1) is 4.68. The summed E-state index contributed by atoms with van der Waals surface area (Å²) in [7, 11) is 0. The topological polar surface area (TPSA) is 17.1 Å². The molecule has 0 aromatic carbocycles. The van der Waals surface area contributed by atoms with Gasteiger partial charge in [-0.05, 0) is 0 Å². The molecule has 0 saturated carbocycles. The molecule has 0 saturated heterocycles. The number of carbonyl (C=O) groups excluding carboxylic acids is 1. The molecule has 0 fully saturated rings. The largest absolute Gasteiger partial charge is 1.00 e. The molecular formula is C9H17LiO-2. The van der Waals surface area contributed by atoms with Crippen LogP contribution in [0.4, 0.5) is 0 Å². The van der Waals surface area contributed by atoms with E-state index in [4.69, 9.17) is 0 Å². The summed E-state index contributed by atoms with van der Waals surface area (Å²) in [5, 5.41) is 0. The van der Waals surface area contributed by atoms with E-state index < -0.39 is 0 Å². The van der Waals surface area contributed by atoms with Crippen LogP contribution in [0.25, 0.3) is 0 Å². The first-order valence-corrected chi connectivity index (χ1v) is 3.57. The third kappa shape index (κ3) is 38.5. The molecule has 2 heteroatoms. The van der Waals surface area contributed by atoms with Gasteiger partial charge in [0.05, 0.1) is 0 Å². The van der Waals surface area contributed by atoms with Gasteiger partial charge in [-0.1, -0.05) is 0 Å². The molecule has 0 aliphatic carbocycles. The minimum absolute atomic E-state index is 0. The summed E-state index contributed by atoms with van der Waals surface area (Å²) in [5.74, 6) is 1.29. The molecule has 0 radical (unpaired) electrons. The summed E-state index contributed by atoms with van der Waals surface area (Å²) < 4.78 is 0. The summed E-state index contributed by atoms with van der Waals surface area (Å²) in [6.45, 7) is 8.02. The summed E-state index contributed by atoms with van der Waals surface area (Å²) in [5.41, 5.74) is 0. The molecule has 0 bridgehead atoms. The Hall–Kier alpha value is 0.267. The summed E-state index contributed by atoms with van der Waals surface area (Å²) in [6.07, 6.45) is 5.28. The Balaban J connectivity index is -0.000000140. The molecule has 0 aromatic rings. The van der Waals surface area contributed by atoms with E-state index in [1.165, 1.54) is 5.92 Å². The van der Waals surface area contributed by atoms with Crippen molar-refractivity contribution in [3.63, 3.8) is 0 Å². The second kappa shape index (κ2) is 16.7. The second-order valence-electron chi connectivity index (χ2n) is 2.43. The van der Waals surface area contributed by atoms with E-state index in [-0.39, 0.29) is 18.9 Å². The molecule has 62 valence electrons. The van der Waals surface area contributed by atoms with Gasteiger partial charge in [-0.25, -0.2) is 6.42 Å². The summed E-state index contributed by atoms with van der Waals surface area (Å²) >= 11 is 0. The van der Waals surface area contributed by atoms with Crippen molar-refractivity contribution in [1.82, 2.24) is 0 Å². The number of hydrogen-bond donors (Lipinski definition) is 0. The van der Waals surface area contributed by atoms with Gasteiger partial charge in [-0.15, -0.1) is 0 Å². The van der Waals surface area contributed by atoms with Crippen molar-refractivity contribution in [3.8, 4) is 0 Å². The SMILES string of the molecule is C[C-](C)CC[C-]=O.C[CH-]C.[Li+]. The molecule has 0 N–H and O–H groups in total. The molecule has 1 nitrogen and oxygen atoms in total. The van der Waals surface area contributed by atoms with Crippen LogP contribution in [0.15, 0.2) is 0 Å². The van der Waals surface area contributed by atoms with Crippen molar-refractivity contribution >= 4 is 6.29 Å². The van der Waals surface area contributed by atoms with Crippen molar-refractivity contribution in [2.24, 2.45) is 0 Å². The Morgan fingerprint density at radius 1 is 1.36 bits per heavy atom. The molecule has 0 aliphatic rings. The quantitative estimate of drug-likeness (QED) is 0.397. The molecule has 0 heterocycles. The van der Waals surface area contributed by atoms with Crippen molar-refractivity contribution < 1.29 is 23.7 Å². The minimum Gasteiger partial charge on any atom is -0.542 e. The van der Waals surface area contributed by atoms with E-state index in [9.17, 15) is 4.79 Å². The predicted molar refractivity (Wildman–Crippen MR) is 45.2 cm³/mol. The van der Waals surface area contributed by atoms with E-state index in [1.807, 2.05) is 40.4 Å². The van der Waals surface area contributed by atoms with Crippen LogP contribution in [0.3, 0.4) is 0 Å². The van der Waals surface area contributed by atoms with Gasteiger partial charge in [0.2, 0.25) is 0 Å². The molecule has 0 amide bonds. The Kier molecular flexibility index (Phi) is 26.4. The van der Waals surface area contributed by atoms with Crippen LogP contribution in [-0.4, -0.2) is 6.29 Å². The third-order valence-electron chi connectivity index (χ3n) is 0.727. The van der Waals surface area contributed by atoms with Crippen molar-refractivity contribution in [3.05, 3.63) is 12.3 Å². The van der Waals surface area contributed by atoms with Crippen LogP contribution in [0.2, 0.25) is 0 Å². The number of hydrogen-bond acceptors (Lipinski definition) is 1. The Bertz CT molecular complexity index is 62.6. The third-order valence-corrected chi connectivity index (χ3v) is 0.727. The number of rotatable bonds is 3. The second-order valence-corrected chi connectivity index (χ2v) is 2.43. The molecule has 0 aliphatic heterocycles. The maximum atomic E-state index is 9.57. The first kappa shape index (κ1) is 17.4. The summed E-state index contributed by atoms with van der Waals surface area (Å²) in [6, 6.07) is 0. The average Bonchev–Trinajstić information content (AvgIpc) is 1.85. The molecule has 0 atom stereocenters. The Morgan fingerprint density at radius 2 is 1.73 bits per heavy atom. The first-order valence-electron chi connectivity index (χ1n) is 3.57. The van der Waals surface area contributed by atoms with E-state index in [1.54, 1.807) is 0 Å². The van der Waals surface area contributed by atoms with Crippen molar-refractivity contribution in [2.45, 2.75) is 40.5 Å².